The first-order valence-electron chi connectivity index (χ1n) is 8.92. The summed E-state index contributed by atoms with van der Waals surface area (Å²) in [4.78, 5) is 31.5. The number of imidazole rings is 1. The molecule has 2 aromatic carbocycles. The number of benzene rings is 2. The van der Waals surface area contributed by atoms with Crippen LogP contribution in [-0.2, 0) is 9.59 Å². The van der Waals surface area contributed by atoms with Gasteiger partial charge in [0.25, 0.3) is 0 Å². The van der Waals surface area contributed by atoms with Gasteiger partial charge >= 0.3 is 11.8 Å². The van der Waals surface area contributed by atoms with Crippen molar-refractivity contribution in [3.05, 3.63) is 65.9 Å². The van der Waals surface area contributed by atoms with Crippen molar-refractivity contribution in [2.75, 3.05) is 17.6 Å². The lowest BCUT2D eigenvalue weighted by Crippen LogP contribution is -2.36. The summed E-state index contributed by atoms with van der Waals surface area (Å²) in [6, 6.07) is 15.5. The molecule has 0 spiro atoms. The summed E-state index contributed by atoms with van der Waals surface area (Å²) in [5.41, 5.74) is 4.82. The second kappa shape index (κ2) is 9.23. The molecule has 6 nitrogen and oxygen atoms in total. The van der Waals surface area contributed by atoms with Crippen LogP contribution in [0.1, 0.15) is 11.1 Å². The topological polar surface area (TPSA) is 86.9 Å². The molecule has 28 heavy (non-hydrogen) atoms. The number of carbonyl (C=O) groups excluding carboxylic acids is 2. The van der Waals surface area contributed by atoms with Gasteiger partial charge in [0.15, 0.2) is 5.16 Å². The van der Waals surface area contributed by atoms with Crippen LogP contribution in [0.2, 0.25) is 0 Å². The number of aryl methyl sites for hydroxylation is 2. The number of amides is 2. The number of carbonyl (C=O) groups is 2. The van der Waals surface area contributed by atoms with Crippen LogP contribution in [0.3, 0.4) is 0 Å². The summed E-state index contributed by atoms with van der Waals surface area (Å²) in [5.74, 6) is -0.717. The van der Waals surface area contributed by atoms with Crippen molar-refractivity contribution >= 4 is 29.3 Å². The molecule has 3 N–H and O–H groups in total. The van der Waals surface area contributed by atoms with Gasteiger partial charge in [-0.3, -0.25) is 9.59 Å². The normalized spacial score (nSPS) is 10.5. The summed E-state index contributed by atoms with van der Waals surface area (Å²) in [7, 11) is 0. The van der Waals surface area contributed by atoms with Gasteiger partial charge in [-0.15, -0.1) is 0 Å². The fourth-order valence-corrected chi connectivity index (χ4v) is 3.25. The Bertz CT molecular complexity index is 970. The molecule has 2 amide bonds. The molecule has 7 heteroatoms. The van der Waals surface area contributed by atoms with Crippen molar-refractivity contribution in [1.29, 1.82) is 0 Å². The van der Waals surface area contributed by atoms with Gasteiger partial charge < -0.3 is 15.6 Å². The number of nitrogens with one attached hydrogen (secondary N) is 3. The first kappa shape index (κ1) is 19.7. The number of nitrogens with zero attached hydrogens (tertiary/aromatic N) is 1. The molecule has 1 heterocycles. The van der Waals surface area contributed by atoms with Crippen LogP contribution in [0.4, 0.5) is 5.69 Å². The molecule has 0 aliphatic rings. The molecule has 3 aromatic rings. The van der Waals surface area contributed by atoms with Gasteiger partial charge in [-0.05, 0) is 42.7 Å². The van der Waals surface area contributed by atoms with E-state index >= 15 is 0 Å². The highest BCUT2D eigenvalue weighted by molar-refractivity contribution is 7.99. The predicted molar refractivity (Wildman–Crippen MR) is 112 cm³/mol. The van der Waals surface area contributed by atoms with E-state index in [4.69, 9.17) is 0 Å². The SMILES string of the molecule is Cc1ccc(NC(=O)C(=O)NCCSc2ncc(-c3ccccc3)[nH]2)cc1C. The van der Waals surface area contributed by atoms with E-state index in [9.17, 15) is 9.59 Å². The van der Waals surface area contributed by atoms with Crippen LogP contribution in [-0.4, -0.2) is 34.1 Å². The zero-order valence-electron chi connectivity index (χ0n) is 15.8. The van der Waals surface area contributed by atoms with E-state index in [0.717, 1.165) is 27.5 Å². The first-order chi connectivity index (χ1) is 13.5. The number of hydrogen-bond donors (Lipinski definition) is 3. The van der Waals surface area contributed by atoms with Crippen molar-refractivity contribution in [3.8, 4) is 11.3 Å². The van der Waals surface area contributed by atoms with E-state index in [1.165, 1.54) is 11.8 Å². The molecule has 3 rings (SSSR count). The van der Waals surface area contributed by atoms with Crippen molar-refractivity contribution in [2.45, 2.75) is 19.0 Å². The summed E-state index contributed by atoms with van der Waals surface area (Å²) in [6.07, 6.45) is 1.78. The number of hydrogen-bond acceptors (Lipinski definition) is 4. The van der Waals surface area contributed by atoms with Gasteiger partial charge in [-0.1, -0.05) is 48.2 Å². The average molecular weight is 395 g/mol. The Balaban J connectivity index is 1.42. The Morgan fingerprint density at radius 2 is 1.82 bits per heavy atom. The largest absolute Gasteiger partial charge is 0.347 e. The second-order valence-corrected chi connectivity index (χ2v) is 7.41. The summed E-state index contributed by atoms with van der Waals surface area (Å²) < 4.78 is 0. The zero-order valence-corrected chi connectivity index (χ0v) is 16.6. The number of aromatic nitrogens is 2. The molecular weight excluding hydrogens is 372 g/mol. The zero-order chi connectivity index (χ0) is 19.9. The van der Waals surface area contributed by atoms with Gasteiger partial charge in [0.1, 0.15) is 0 Å². The van der Waals surface area contributed by atoms with E-state index in [2.05, 4.69) is 20.6 Å². The molecule has 0 aliphatic carbocycles. The number of anilines is 1. The summed E-state index contributed by atoms with van der Waals surface area (Å²) >= 11 is 1.48. The molecule has 144 valence electrons. The van der Waals surface area contributed by atoms with E-state index in [-0.39, 0.29) is 0 Å². The second-order valence-electron chi connectivity index (χ2n) is 6.33. The smallest absolute Gasteiger partial charge is 0.313 e. The molecule has 0 atom stereocenters. The minimum Gasteiger partial charge on any atom is -0.347 e. The lowest BCUT2D eigenvalue weighted by Gasteiger charge is -2.08. The van der Waals surface area contributed by atoms with Crippen LogP contribution in [0.15, 0.2) is 59.9 Å². The maximum Gasteiger partial charge on any atom is 0.313 e. The van der Waals surface area contributed by atoms with Crippen LogP contribution >= 0.6 is 11.8 Å². The lowest BCUT2D eigenvalue weighted by atomic mass is 10.1. The quantitative estimate of drug-likeness (QED) is 0.339. The minimum atomic E-state index is -0.669. The number of aromatic amines is 1. The molecular formula is C21H22N4O2S. The van der Waals surface area contributed by atoms with Crippen molar-refractivity contribution in [3.63, 3.8) is 0 Å². The predicted octanol–water partition coefficient (Wildman–Crippen LogP) is 3.54. The maximum absolute atomic E-state index is 12.0. The number of rotatable bonds is 6. The summed E-state index contributed by atoms with van der Waals surface area (Å²) in [6.45, 7) is 4.32. The molecule has 0 saturated heterocycles. The molecule has 0 saturated carbocycles. The Labute approximate surface area is 168 Å². The van der Waals surface area contributed by atoms with Crippen molar-refractivity contribution < 1.29 is 9.59 Å². The van der Waals surface area contributed by atoms with Gasteiger partial charge in [-0.2, -0.15) is 0 Å². The molecule has 0 bridgehead atoms. The average Bonchev–Trinajstić information content (AvgIpc) is 3.17. The highest BCUT2D eigenvalue weighted by Crippen LogP contribution is 2.20. The molecule has 0 aliphatic heterocycles. The minimum absolute atomic E-state index is 0.366. The van der Waals surface area contributed by atoms with Crippen molar-refractivity contribution in [2.24, 2.45) is 0 Å². The summed E-state index contributed by atoms with van der Waals surface area (Å²) in [5, 5.41) is 6.01. The molecule has 0 unspecified atom stereocenters. The Kier molecular flexibility index (Phi) is 6.49. The standard InChI is InChI=1S/C21H22N4O2S/c1-14-8-9-17(12-15(14)2)24-20(27)19(26)22-10-11-28-21-23-13-18(25-21)16-6-4-3-5-7-16/h3-9,12-13H,10-11H2,1-2H3,(H,22,26)(H,23,25)(H,24,27). The van der Waals surface area contributed by atoms with Gasteiger partial charge in [-0.25, -0.2) is 4.98 Å². The van der Waals surface area contributed by atoms with E-state index in [0.29, 0.717) is 18.0 Å². The monoisotopic (exact) mass is 394 g/mol. The van der Waals surface area contributed by atoms with Gasteiger partial charge in [0.05, 0.1) is 11.9 Å². The van der Waals surface area contributed by atoms with E-state index in [1.54, 1.807) is 12.3 Å². The molecule has 0 radical (unpaired) electrons. The van der Waals surface area contributed by atoms with Gasteiger partial charge in [0.2, 0.25) is 0 Å². The van der Waals surface area contributed by atoms with Crippen LogP contribution < -0.4 is 10.6 Å². The fourth-order valence-electron chi connectivity index (χ4n) is 2.54. The Morgan fingerprint density at radius 1 is 1.04 bits per heavy atom. The third-order valence-corrected chi connectivity index (χ3v) is 5.12. The van der Waals surface area contributed by atoms with E-state index in [1.807, 2.05) is 56.3 Å². The third-order valence-electron chi connectivity index (χ3n) is 4.23. The lowest BCUT2D eigenvalue weighted by molar-refractivity contribution is -0.136. The van der Waals surface area contributed by atoms with Crippen LogP contribution in [0.25, 0.3) is 11.3 Å². The van der Waals surface area contributed by atoms with Crippen LogP contribution in [0, 0.1) is 13.8 Å². The van der Waals surface area contributed by atoms with Crippen LogP contribution in [0.5, 0.6) is 0 Å². The van der Waals surface area contributed by atoms with Gasteiger partial charge in [0, 0.05) is 18.0 Å². The number of H-pyrrole nitrogens is 1. The first-order valence-corrected chi connectivity index (χ1v) is 9.91. The highest BCUT2D eigenvalue weighted by atomic mass is 32.2. The Hall–Kier alpha value is -3.06. The molecule has 1 aromatic heterocycles. The fraction of sp³-hybridized carbons (Fsp3) is 0.190. The Morgan fingerprint density at radius 3 is 2.57 bits per heavy atom. The van der Waals surface area contributed by atoms with E-state index < -0.39 is 11.8 Å². The number of thioether (sulfide) groups is 1. The van der Waals surface area contributed by atoms with Crippen molar-refractivity contribution in [1.82, 2.24) is 15.3 Å². The highest BCUT2D eigenvalue weighted by Gasteiger charge is 2.13. The third kappa shape index (κ3) is 5.23. The molecule has 0 fully saturated rings. The maximum atomic E-state index is 12.0.